The first-order chi connectivity index (χ1) is 9.12. The third-order valence-corrected chi connectivity index (χ3v) is 4.45. The zero-order valence-electron chi connectivity index (χ0n) is 12.1. The van der Waals surface area contributed by atoms with Gasteiger partial charge in [0.1, 0.15) is 0 Å². The number of hydrogen-bond donors (Lipinski definition) is 1. The largest absolute Gasteiger partial charge is 0.394 e. The molecule has 4 atom stereocenters. The maximum absolute atomic E-state index is 9.54. The number of allylic oxidation sites excluding steroid dienone is 2. The topological polar surface area (TPSA) is 57.2 Å². The molecule has 0 saturated carbocycles. The van der Waals surface area contributed by atoms with Crippen LogP contribution in [0.25, 0.3) is 0 Å². The van der Waals surface area contributed by atoms with E-state index in [2.05, 4.69) is 13.0 Å². The molecule has 1 aliphatic carbocycles. The van der Waals surface area contributed by atoms with Gasteiger partial charge in [0.15, 0.2) is 0 Å². The van der Waals surface area contributed by atoms with Crippen LogP contribution in [0.1, 0.15) is 19.8 Å². The molecule has 1 N–H and O–H groups in total. The number of hydrogen-bond acceptors (Lipinski definition) is 5. The molecular weight excluding hydrogens is 248 g/mol. The van der Waals surface area contributed by atoms with Crippen LogP contribution >= 0.6 is 0 Å². The molecule has 0 aromatic carbocycles. The molecule has 2 rings (SSSR count). The van der Waals surface area contributed by atoms with Gasteiger partial charge in [-0.2, -0.15) is 0 Å². The van der Waals surface area contributed by atoms with Crippen molar-refractivity contribution in [2.45, 2.75) is 37.9 Å². The lowest BCUT2D eigenvalue weighted by Gasteiger charge is -2.53. The summed E-state index contributed by atoms with van der Waals surface area (Å²) in [6, 6.07) is 0. The molecule has 0 unspecified atom stereocenters. The molecule has 0 aromatic rings. The van der Waals surface area contributed by atoms with E-state index in [-0.39, 0.29) is 24.5 Å². The molecule has 0 aromatic heterocycles. The Morgan fingerprint density at radius 3 is 2.58 bits per heavy atom. The normalized spacial score (nSPS) is 37.6. The zero-order chi connectivity index (χ0) is 14.0. The highest BCUT2D eigenvalue weighted by atomic mass is 16.8. The number of aliphatic hydroxyl groups excluding tert-OH is 1. The predicted octanol–water partition coefficient (Wildman–Crippen LogP) is 1.31. The van der Waals surface area contributed by atoms with Crippen molar-refractivity contribution in [3.8, 4) is 0 Å². The lowest BCUT2D eigenvalue weighted by atomic mass is 9.70. The van der Waals surface area contributed by atoms with Gasteiger partial charge in [-0.3, -0.25) is 0 Å². The minimum atomic E-state index is -0.916. The first-order valence-corrected chi connectivity index (χ1v) is 6.68. The number of rotatable bonds is 4. The van der Waals surface area contributed by atoms with Crippen molar-refractivity contribution in [1.29, 1.82) is 0 Å². The molecule has 110 valence electrons. The van der Waals surface area contributed by atoms with Crippen LogP contribution in [-0.4, -0.2) is 51.2 Å². The van der Waals surface area contributed by atoms with E-state index >= 15 is 0 Å². The summed E-state index contributed by atoms with van der Waals surface area (Å²) in [6.07, 6.45) is 3.07. The molecule has 5 nitrogen and oxygen atoms in total. The summed E-state index contributed by atoms with van der Waals surface area (Å²) in [7, 11) is 4.80. The number of ether oxygens (including phenoxy) is 4. The lowest BCUT2D eigenvalue weighted by molar-refractivity contribution is -0.400. The Labute approximate surface area is 114 Å². The molecule has 19 heavy (non-hydrogen) atoms. The van der Waals surface area contributed by atoms with Crippen LogP contribution in [0.5, 0.6) is 0 Å². The zero-order valence-corrected chi connectivity index (χ0v) is 12.1. The molecule has 0 amide bonds. The second kappa shape index (κ2) is 5.89. The lowest BCUT2D eigenvalue weighted by Crippen LogP contribution is -2.64. The Hall–Kier alpha value is -0.460. The first kappa shape index (κ1) is 14.9. The molecule has 1 heterocycles. The van der Waals surface area contributed by atoms with Crippen LogP contribution in [0, 0.1) is 11.8 Å². The Kier molecular flexibility index (Phi) is 4.63. The second-order valence-electron chi connectivity index (χ2n) is 5.32. The van der Waals surface area contributed by atoms with Crippen LogP contribution in [0.2, 0.25) is 0 Å². The van der Waals surface area contributed by atoms with Gasteiger partial charge < -0.3 is 24.1 Å². The number of methoxy groups -OCH3 is 3. The molecule has 1 saturated heterocycles. The number of fused-ring (bicyclic) bond motifs is 1. The summed E-state index contributed by atoms with van der Waals surface area (Å²) in [5.41, 5.74) is 1.31. The van der Waals surface area contributed by atoms with E-state index in [4.69, 9.17) is 18.9 Å². The first-order valence-electron chi connectivity index (χ1n) is 6.68. The fourth-order valence-electron chi connectivity index (χ4n) is 3.44. The fourth-order valence-corrected chi connectivity index (χ4v) is 3.44. The average Bonchev–Trinajstić information content (AvgIpc) is 2.45. The van der Waals surface area contributed by atoms with Crippen molar-refractivity contribution in [2.75, 3.05) is 27.9 Å². The van der Waals surface area contributed by atoms with Crippen LogP contribution in [-0.2, 0) is 18.9 Å². The van der Waals surface area contributed by atoms with E-state index < -0.39 is 12.1 Å². The van der Waals surface area contributed by atoms with Gasteiger partial charge in [0.25, 0.3) is 0 Å². The highest BCUT2D eigenvalue weighted by molar-refractivity contribution is 5.12. The molecule has 2 aliphatic rings. The van der Waals surface area contributed by atoms with Crippen molar-refractivity contribution < 1.29 is 24.1 Å². The van der Waals surface area contributed by atoms with Crippen LogP contribution in [0.3, 0.4) is 0 Å². The van der Waals surface area contributed by atoms with Crippen molar-refractivity contribution in [1.82, 2.24) is 0 Å². The summed E-state index contributed by atoms with van der Waals surface area (Å²) in [5, 5.41) is 9.54. The maximum Gasteiger partial charge on any atom is 0.223 e. The summed E-state index contributed by atoms with van der Waals surface area (Å²) in [5.74, 6) is -0.621. The quantitative estimate of drug-likeness (QED) is 0.618. The predicted molar refractivity (Wildman–Crippen MR) is 69.5 cm³/mol. The van der Waals surface area contributed by atoms with Crippen molar-refractivity contribution in [3.05, 3.63) is 11.6 Å². The van der Waals surface area contributed by atoms with Crippen molar-refractivity contribution in [3.63, 3.8) is 0 Å². The average molecular weight is 272 g/mol. The van der Waals surface area contributed by atoms with E-state index in [0.717, 1.165) is 12.8 Å². The highest BCUT2D eigenvalue weighted by Gasteiger charge is 2.57. The van der Waals surface area contributed by atoms with E-state index in [1.165, 1.54) is 5.57 Å². The Bertz CT molecular complexity index is 337. The summed E-state index contributed by atoms with van der Waals surface area (Å²) in [4.78, 5) is 0. The van der Waals surface area contributed by atoms with Crippen LogP contribution in [0.15, 0.2) is 11.6 Å². The third-order valence-electron chi connectivity index (χ3n) is 4.45. The summed E-state index contributed by atoms with van der Waals surface area (Å²) in [6.45, 7) is 2.09. The van der Waals surface area contributed by atoms with Gasteiger partial charge in [0, 0.05) is 27.2 Å². The Morgan fingerprint density at radius 2 is 2.05 bits per heavy atom. The van der Waals surface area contributed by atoms with Gasteiger partial charge in [-0.1, -0.05) is 11.6 Å². The monoisotopic (exact) mass is 272 g/mol. The smallest absolute Gasteiger partial charge is 0.223 e. The molecule has 0 radical (unpaired) electrons. The molecule has 5 heteroatoms. The Balaban J connectivity index is 2.38. The van der Waals surface area contributed by atoms with Crippen molar-refractivity contribution in [2.24, 2.45) is 11.8 Å². The highest BCUT2D eigenvalue weighted by Crippen LogP contribution is 2.48. The van der Waals surface area contributed by atoms with Gasteiger partial charge in [-0.15, -0.1) is 0 Å². The summed E-state index contributed by atoms with van der Waals surface area (Å²) >= 11 is 0. The summed E-state index contributed by atoms with van der Waals surface area (Å²) < 4.78 is 22.6. The van der Waals surface area contributed by atoms with Crippen LogP contribution < -0.4 is 0 Å². The van der Waals surface area contributed by atoms with Gasteiger partial charge in [0.2, 0.25) is 12.1 Å². The van der Waals surface area contributed by atoms with Crippen LogP contribution in [0.4, 0.5) is 0 Å². The van der Waals surface area contributed by atoms with E-state index in [0.29, 0.717) is 0 Å². The maximum atomic E-state index is 9.54. The van der Waals surface area contributed by atoms with E-state index in [1.54, 1.807) is 21.3 Å². The second-order valence-corrected chi connectivity index (χ2v) is 5.32. The van der Waals surface area contributed by atoms with Gasteiger partial charge in [-0.05, 0) is 25.7 Å². The standard InChI is InChI=1S/C14H24O5/c1-9-5-6-10-11(7-9)14(17-3,18-4)13(16-2)19-12(10)8-15/h5,10-13,15H,6-8H2,1-4H3/t10-,11+,12+,13+/m0/s1. The van der Waals surface area contributed by atoms with Gasteiger partial charge >= 0.3 is 0 Å². The Morgan fingerprint density at radius 1 is 1.37 bits per heavy atom. The van der Waals surface area contributed by atoms with Gasteiger partial charge in [-0.25, -0.2) is 0 Å². The fraction of sp³-hybridized carbons (Fsp3) is 0.857. The minimum Gasteiger partial charge on any atom is -0.394 e. The molecule has 1 aliphatic heterocycles. The third kappa shape index (κ3) is 2.34. The van der Waals surface area contributed by atoms with Gasteiger partial charge in [0.05, 0.1) is 12.7 Å². The van der Waals surface area contributed by atoms with Crippen molar-refractivity contribution >= 4 is 0 Å². The minimum absolute atomic E-state index is 0.0164. The van der Waals surface area contributed by atoms with E-state index in [1.807, 2.05) is 0 Å². The molecular formula is C14H24O5. The SMILES string of the molecule is CO[C@@H]1O[C@H](CO)[C@H]2CC=C(C)C[C@H]2C1(OC)OC. The molecule has 1 fully saturated rings. The molecule has 0 spiro atoms. The molecule has 0 bridgehead atoms. The number of aliphatic hydroxyl groups is 1. The van der Waals surface area contributed by atoms with E-state index in [9.17, 15) is 5.11 Å².